The molecule has 2 saturated heterocycles. The lowest BCUT2D eigenvalue weighted by Gasteiger charge is -2.43. The highest BCUT2D eigenvalue weighted by Crippen LogP contribution is 2.26. The number of hydrogen-bond acceptors (Lipinski definition) is 8. The Morgan fingerprint density at radius 2 is 1.77 bits per heavy atom. The van der Waals surface area contributed by atoms with E-state index in [0.717, 1.165) is 12.8 Å². The minimum Gasteiger partial charge on any atom is -0.449 e. The second-order valence-corrected chi connectivity index (χ2v) is 10.6. The Balaban J connectivity index is 0.000000573. The zero-order valence-electron chi connectivity index (χ0n) is 17.9. The third-order valence-corrected chi connectivity index (χ3v) is 6.37. The summed E-state index contributed by atoms with van der Waals surface area (Å²) in [5.74, 6) is 0. The van der Waals surface area contributed by atoms with Gasteiger partial charge in [-0.3, -0.25) is 21.1 Å². The van der Waals surface area contributed by atoms with Gasteiger partial charge in [-0.2, -0.15) is 0 Å². The largest absolute Gasteiger partial charge is 0.449 e. The molecule has 0 spiro atoms. The van der Waals surface area contributed by atoms with Crippen LogP contribution in [0.1, 0.15) is 46.5 Å². The Kier molecular flexibility index (Phi) is 12.5. The van der Waals surface area contributed by atoms with E-state index in [4.69, 9.17) is 33.2 Å². The van der Waals surface area contributed by atoms with E-state index < -0.39 is 23.4 Å². The molecular formula is C18H36ClN5O5S. The van der Waals surface area contributed by atoms with E-state index in [9.17, 15) is 9.00 Å². The molecule has 0 bridgehead atoms. The van der Waals surface area contributed by atoms with Crippen molar-refractivity contribution in [3.05, 3.63) is 11.4 Å². The van der Waals surface area contributed by atoms with Crippen LogP contribution in [0.4, 0.5) is 0 Å². The van der Waals surface area contributed by atoms with Gasteiger partial charge in [-0.1, -0.05) is 0 Å². The number of nitrogens with two attached hydrogens (primary N) is 3. The number of ether oxygens (including phenoxy) is 3. The summed E-state index contributed by atoms with van der Waals surface area (Å²) in [7, 11) is -1.12. The quantitative estimate of drug-likeness (QED) is 0.200. The summed E-state index contributed by atoms with van der Waals surface area (Å²) in [6.07, 6.45) is 1.61. The van der Waals surface area contributed by atoms with E-state index in [1.807, 2.05) is 20.8 Å². The average molecular weight is 470 g/mol. The van der Waals surface area contributed by atoms with Crippen molar-refractivity contribution in [2.24, 2.45) is 17.2 Å². The molecule has 3 atom stereocenters. The first-order valence-corrected chi connectivity index (χ1v) is 10.7. The molecule has 2 aliphatic rings. The Hall–Kier alpha value is -0.840. The summed E-state index contributed by atoms with van der Waals surface area (Å²) in [6.45, 7) is 15.2. The van der Waals surface area contributed by atoms with Gasteiger partial charge in [-0.15, -0.1) is 12.4 Å². The summed E-state index contributed by atoms with van der Waals surface area (Å²) in [5.41, 5.74) is 16.3. The van der Waals surface area contributed by atoms with Crippen LogP contribution in [-0.2, 0) is 30.0 Å². The molecule has 0 amide bonds. The highest BCUT2D eigenvalue weighted by molar-refractivity contribution is 7.84. The van der Waals surface area contributed by atoms with Gasteiger partial charge < -0.3 is 19.9 Å². The van der Waals surface area contributed by atoms with Gasteiger partial charge in [-0.25, -0.2) is 15.5 Å². The van der Waals surface area contributed by atoms with E-state index in [0.29, 0.717) is 45.7 Å². The van der Waals surface area contributed by atoms with Crippen LogP contribution in [0.25, 0.3) is 4.85 Å². The topological polar surface area (TPSA) is 156 Å². The molecule has 12 heteroatoms. The molecule has 0 saturated carbocycles. The number of hydrogen-bond donors (Lipinski definition) is 4. The summed E-state index contributed by atoms with van der Waals surface area (Å²) in [4.78, 5) is 13.1. The average Bonchev–Trinajstić information content (AvgIpc) is 2.60. The molecule has 3 unspecified atom stereocenters. The highest BCUT2D eigenvalue weighted by atomic mass is 35.5. The van der Waals surface area contributed by atoms with Crippen molar-refractivity contribution in [3.63, 3.8) is 0 Å². The normalized spacial score (nSPS) is 21.6. The first-order valence-electron chi connectivity index (χ1n) is 9.56. The van der Waals surface area contributed by atoms with Crippen molar-refractivity contribution < 1.29 is 23.2 Å². The Bertz CT molecular complexity index is 590. The van der Waals surface area contributed by atoms with Crippen molar-refractivity contribution in [2.45, 2.75) is 74.7 Å². The molecule has 30 heavy (non-hydrogen) atoms. The molecule has 2 aliphatic heterocycles. The summed E-state index contributed by atoms with van der Waals surface area (Å²) in [5, 5.41) is 0. The SMILES string of the molecule is Cl.NC(CCC1(N)COC1)OC=O.[C-]#[N+]C(N)CCC1(NS(=O)C(C)(C)C)COC1. The van der Waals surface area contributed by atoms with E-state index in [1.54, 1.807) is 0 Å². The Morgan fingerprint density at radius 1 is 1.20 bits per heavy atom. The second-order valence-electron chi connectivity index (χ2n) is 8.66. The predicted octanol–water partition coefficient (Wildman–Crippen LogP) is 0.165. The van der Waals surface area contributed by atoms with Gasteiger partial charge in [-0.05, 0) is 40.0 Å². The standard InChI is InChI=1S/C11H21N3O2S.C7H14N2O3.ClH/c1-10(2,3)17(15)14-11(7-16-8-11)6-5-9(12)13-4;8-6(12-5-10)1-2-7(9)3-11-4-7;/h9,14H,5-8,12H2,1-3H3;5-6H,1-4,8-9H2;1H. The van der Waals surface area contributed by atoms with Gasteiger partial charge in [0.2, 0.25) is 0 Å². The minimum absolute atomic E-state index is 0. The minimum atomic E-state index is -1.12. The summed E-state index contributed by atoms with van der Waals surface area (Å²) >= 11 is 0. The van der Waals surface area contributed by atoms with Crippen LogP contribution in [0.15, 0.2) is 0 Å². The van der Waals surface area contributed by atoms with Crippen LogP contribution >= 0.6 is 12.4 Å². The van der Waals surface area contributed by atoms with Crippen molar-refractivity contribution in [1.29, 1.82) is 0 Å². The lowest BCUT2D eigenvalue weighted by atomic mass is 9.92. The molecule has 0 aromatic heterocycles. The third-order valence-electron chi connectivity index (χ3n) is 4.64. The van der Waals surface area contributed by atoms with Crippen LogP contribution in [0.5, 0.6) is 0 Å². The molecule has 0 aliphatic carbocycles. The molecule has 7 N–H and O–H groups in total. The number of halogens is 1. The van der Waals surface area contributed by atoms with Gasteiger partial charge in [0.25, 0.3) is 12.6 Å². The zero-order chi connectivity index (χ0) is 22.1. The second kappa shape index (κ2) is 12.9. The molecule has 0 aromatic carbocycles. The smallest absolute Gasteiger partial charge is 0.294 e. The van der Waals surface area contributed by atoms with Crippen molar-refractivity contribution in [3.8, 4) is 0 Å². The van der Waals surface area contributed by atoms with Gasteiger partial charge in [0, 0.05) is 6.42 Å². The fourth-order valence-electron chi connectivity index (χ4n) is 2.52. The van der Waals surface area contributed by atoms with E-state index in [2.05, 4.69) is 14.3 Å². The van der Waals surface area contributed by atoms with Crippen LogP contribution < -0.4 is 21.9 Å². The van der Waals surface area contributed by atoms with Gasteiger partial charge in [0.05, 0.1) is 53.2 Å². The number of nitrogens with zero attached hydrogens (tertiary/aromatic N) is 1. The third kappa shape index (κ3) is 9.98. The van der Waals surface area contributed by atoms with Crippen LogP contribution in [0, 0.1) is 6.57 Å². The molecule has 176 valence electrons. The van der Waals surface area contributed by atoms with E-state index >= 15 is 0 Å². The van der Waals surface area contributed by atoms with Crippen molar-refractivity contribution in [1.82, 2.24) is 4.72 Å². The Labute approximate surface area is 187 Å². The van der Waals surface area contributed by atoms with Gasteiger partial charge in [0.1, 0.15) is 0 Å². The lowest BCUT2D eigenvalue weighted by molar-refractivity contribution is -0.134. The fourth-order valence-corrected chi connectivity index (χ4v) is 3.44. The number of carbonyl (C=O) groups excluding carboxylic acids is 1. The van der Waals surface area contributed by atoms with Gasteiger partial charge in [0.15, 0.2) is 6.23 Å². The molecular weight excluding hydrogens is 434 g/mol. The number of nitrogens with one attached hydrogen (secondary N) is 1. The van der Waals surface area contributed by atoms with Crippen LogP contribution in [-0.4, -0.2) is 65.3 Å². The number of rotatable bonds is 10. The van der Waals surface area contributed by atoms with Crippen molar-refractivity contribution >= 4 is 29.9 Å². The predicted molar refractivity (Wildman–Crippen MR) is 118 cm³/mol. The van der Waals surface area contributed by atoms with Crippen molar-refractivity contribution in [2.75, 3.05) is 26.4 Å². The molecule has 2 rings (SSSR count). The molecule has 10 nitrogen and oxygen atoms in total. The Morgan fingerprint density at radius 3 is 2.13 bits per heavy atom. The van der Waals surface area contributed by atoms with E-state index in [-0.39, 0.29) is 28.2 Å². The fraction of sp³-hybridized carbons (Fsp3) is 0.889. The molecule has 0 aromatic rings. The first-order chi connectivity index (χ1) is 13.5. The van der Waals surface area contributed by atoms with Crippen LogP contribution in [0.2, 0.25) is 0 Å². The first kappa shape index (κ1) is 29.2. The van der Waals surface area contributed by atoms with E-state index in [1.165, 1.54) is 0 Å². The van der Waals surface area contributed by atoms with Gasteiger partial charge >= 0.3 is 0 Å². The van der Waals surface area contributed by atoms with Crippen LogP contribution in [0.3, 0.4) is 0 Å². The zero-order valence-corrected chi connectivity index (χ0v) is 19.6. The monoisotopic (exact) mass is 469 g/mol. The maximum atomic E-state index is 12.0. The number of carbonyl (C=O) groups is 1. The highest BCUT2D eigenvalue weighted by Gasteiger charge is 2.42. The molecule has 2 heterocycles. The molecule has 0 radical (unpaired) electrons. The lowest BCUT2D eigenvalue weighted by Crippen LogP contribution is -2.62. The maximum Gasteiger partial charge on any atom is 0.294 e. The molecule has 2 fully saturated rings. The summed E-state index contributed by atoms with van der Waals surface area (Å²) < 4.78 is 29.5. The summed E-state index contributed by atoms with van der Waals surface area (Å²) in [6, 6.07) is 0. The maximum absolute atomic E-state index is 12.0.